The van der Waals surface area contributed by atoms with Gasteiger partial charge in [0.1, 0.15) is 13.2 Å². The van der Waals surface area contributed by atoms with Crippen LogP contribution in [0.2, 0.25) is 0 Å². The predicted molar refractivity (Wildman–Crippen MR) is 270 cm³/mol. The average molecular weight is 881 g/mol. The zero-order valence-electron chi connectivity index (χ0n) is 41.6. The fourth-order valence-electron chi connectivity index (χ4n) is 7.53. The summed E-state index contributed by atoms with van der Waals surface area (Å²) < 4.78 is 16.8. The third kappa shape index (κ3) is 50.0. The Balaban J connectivity index is 4.40. The van der Waals surface area contributed by atoms with Crippen LogP contribution in [0.5, 0.6) is 0 Å². The Kier molecular flexibility index (Phi) is 49.4. The monoisotopic (exact) mass is 881 g/mol. The first-order chi connectivity index (χ1) is 31.0. The number of carbonyl (C=O) groups excluding carboxylic acids is 3. The lowest BCUT2D eigenvalue weighted by Crippen LogP contribution is -2.30. The second-order valence-electron chi connectivity index (χ2n) is 17.8. The Morgan fingerprint density at radius 3 is 0.968 bits per heavy atom. The van der Waals surface area contributed by atoms with Crippen molar-refractivity contribution in [3.8, 4) is 0 Å². The molecule has 0 N–H and O–H groups in total. The largest absolute Gasteiger partial charge is 0.462 e. The van der Waals surface area contributed by atoms with Gasteiger partial charge in [0.25, 0.3) is 0 Å². The molecule has 0 spiro atoms. The molecule has 0 saturated heterocycles. The third-order valence-electron chi connectivity index (χ3n) is 11.5. The third-order valence-corrected chi connectivity index (χ3v) is 11.5. The van der Waals surface area contributed by atoms with E-state index in [0.29, 0.717) is 19.3 Å². The second-order valence-corrected chi connectivity index (χ2v) is 17.8. The van der Waals surface area contributed by atoms with Crippen molar-refractivity contribution in [1.82, 2.24) is 0 Å². The van der Waals surface area contributed by atoms with Gasteiger partial charge in [0.2, 0.25) is 0 Å². The highest BCUT2D eigenvalue weighted by atomic mass is 16.6. The van der Waals surface area contributed by atoms with Crippen molar-refractivity contribution >= 4 is 17.9 Å². The van der Waals surface area contributed by atoms with Crippen LogP contribution in [0.25, 0.3) is 0 Å². The molecule has 0 aliphatic carbocycles. The first kappa shape index (κ1) is 60.1. The molecular formula is C57H100O6. The molecule has 0 aromatic heterocycles. The lowest BCUT2D eigenvalue weighted by atomic mass is 10.0. The van der Waals surface area contributed by atoms with Crippen molar-refractivity contribution in [3.05, 3.63) is 60.8 Å². The van der Waals surface area contributed by atoms with E-state index in [2.05, 4.69) is 81.5 Å². The lowest BCUT2D eigenvalue weighted by Gasteiger charge is -2.18. The lowest BCUT2D eigenvalue weighted by molar-refractivity contribution is -0.167. The van der Waals surface area contributed by atoms with E-state index in [1.807, 2.05) is 0 Å². The van der Waals surface area contributed by atoms with Crippen LogP contribution in [-0.4, -0.2) is 37.2 Å². The van der Waals surface area contributed by atoms with Crippen LogP contribution in [0, 0.1) is 0 Å². The van der Waals surface area contributed by atoms with Crippen molar-refractivity contribution in [1.29, 1.82) is 0 Å². The van der Waals surface area contributed by atoms with Gasteiger partial charge in [-0.25, -0.2) is 0 Å². The molecule has 0 radical (unpaired) electrons. The highest BCUT2D eigenvalue weighted by Crippen LogP contribution is 2.16. The summed E-state index contributed by atoms with van der Waals surface area (Å²) in [6, 6.07) is 0. The molecule has 0 aromatic rings. The summed E-state index contributed by atoms with van der Waals surface area (Å²) in [5.41, 5.74) is 0. The van der Waals surface area contributed by atoms with E-state index in [0.717, 1.165) is 96.3 Å². The van der Waals surface area contributed by atoms with E-state index in [1.165, 1.54) is 128 Å². The van der Waals surface area contributed by atoms with E-state index in [-0.39, 0.29) is 31.1 Å². The number of allylic oxidation sites excluding steroid dienone is 10. The predicted octanol–water partition coefficient (Wildman–Crippen LogP) is 17.6. The molecule has 0 aliphatic heterocycles. The maximum absolute atomic E-state index is 12.8. The smallest absolute Gasteiger partial charge is 0.306 e. The Morgan fingerprint density at radius 1 is 0.333 bits per heavy atom. The number of esters is 3. The Hall–Kier alpha value is -2.89. The minimum absolute atomic E-state index is 0.0812. The van der Waals surface area contributed by atoms with Gasteiger partial charge >= 0.3 is 17.9 Å². The molecule has 6 nitrogen and oxygen atoms in total. The number of rotatable bonds is 48. The van der Waals surface area contributed by atoms with Gasteiger partial charge in [-0.1, -0.05) is 242 Å². The van der Waals surface area contributed by atoms with Gasteiger partial charge in [-0.3, -0.25) is 14.4 Å². The molecule has 364 valence electrons. The molecule has 0 aromatic carbocycles. The van der Waals surface area contributed by atoms with Gasteiger partial charge in [0.15, 0.2) is 6.10 Å². The molecule has 63 heavy (non-hydrogen) atoms. The van der Waals surface area contributed by atoms with Crippen molar-refractivity contribution in [2.24, 2.45) is 0 Å². The molecule has 0 rings (SSSR count). The van der Waals surface area contributed by atoms with Gasteiger partial charge in [-0.05, 0) is 64.2 Å². The van der Waals surface area contributed by atoms with Crippen molar-refractivity contribution in [3.63, 3.8) is 0 Å². The molecule has 0 amide bonds. The standard InChI is InChI=1S/C57H100O6/c1-4-7-10-13-16-19-22-25-26-27-28-29-30-33-35-38-41-44-47-50-56(59)62-53-54(63-57(60)51-48-45-42-39-36-32-24-21-18-15-12-9-6-3)52-61-55(58)49-46-43-40-37-34-31-23-20-17-14-11-8-5-2/h7,10,16,19,25-26,28-29,33,35,54H,4-6,8-9,11-15,17-18,20-24,27,30-32,34,36-53H2,1-3H3/b10-7-,19-16-,26-25-,29-28-,35-33-/t54-/m1/s1. The van der Waals surface area contributed by atoms with Gasteiger partial charge in [-0.15, -0.1) is 0 Å². The summed E-state index contributed by atoms with van der Waals surface area (Å²) in [6.07, 6.45) is 63.4. The van der Waals surface area contributed by atoms with Crippen molar-refractivity contribution < 1.29 is 28.6 Å². The number of ether oxygens (including phenoxy) is 3. The summed E-state index contributed by atoms with van der Waals surface area (Å²) in [5, 5.41) is 0. The molecule has 1 atom stereocenters. The van der Waals surface area contributed by atoms with Crippen LogP contribution in [0.1, 0.15) is 265 Å². The fourth-order valence-corrected chi connectivity index (χ4v) is 7.53. The summed E-state index contributed by atoms with van der Waals surface area (Å²) >= 11 is 0. The van der Waals surface area contributed by atoms with Crippen LogP contribution < -0.4 is 0 Å². The van der Waals surface area contributed by atoms with E-state index < -0.39 is 6.10 Å². The van der Waals surface area contributed by atoms with Gasteiger partial charge in [0, 0.05) is 19.3 Å². The number of carbonyl (C=O) groups is 3. The first-order valence-corrected chi connectivity index (χ1v) is 26.8. The highest BCUT2D eigenvalue weighted by molar-refractivity contribution is 5.71. The average Bonchev–Trinajstić information content (AvgIpc) is 3.28. The van der Waals surface area contributed by atoms with Crippen LogP contribution in [0.3, 0.4) is 0 Å². The molecular weight excluding hydrogens is 781 g/mol. The molecule has 0 aliphatic rings. The maximum atomic E-state index is 12.8. The maximum Gasteiger partial charge on any atom is 0.306 e. The zero-order valence-corrected chi connectivity index (χ0v) is 41.6. The van der Waals surface area contributed by atoms with E-state index >= 15 is 0 Å². The van der Waals surface area contributed by atoms with E-state index in [9.17, 15) is 14.4 Å². The zero-order chi connectivity index (χ0) is 45.8. The Morgan fingerprint density at radius 2 is 0.619 bits per heavy atom. The van der Waals surface area contributed by atoms with Crippen LogP contribution >= 0.6 is 0 Å². The number of hydrogen-bond donors (Lipinski definition) is 0. The molecule has 6 heteroatoms. The summed E-state index contributed by atoms with van der Waals surface area (Å²) in [4.78, 5) is 38.0. The number of unbranched alkanes of at least 4 members (excludes halogenated alkanes) is 27. The minimum Gasteiger partial charge on any atom is -0.462 e. The van der Waals surface area contributed by atoms with Gasteiger partial charge in [-0.2, -0.15) is 0 Å². The molecule has 0 heterocycles. The van der Waals surface area contributed by atoms with Gasteiger partial charge in [0.05, 0.1) is 0 Å². The van der Waals surface area contributed by atoms with Crippen molar-refractivity contribution in [2.45, 2.75) is 271 Å². The number of hydrogen-bond acceptors (Lipinski definition) is 6. The Bertz CT molecular complexity index is 1150. The quantitative estimate of drug-likeness (QED) is 0.0262. The summed E-state index contributed by atoms with van der Waals surface area (Å²) in [7, 11) is 0. The highest BCUT2D eigenvalue weighted by Gasteiger charge is 2.19. The van der Waals surface area contributed by atoms with Crippen LogP contribution in [0.4, 0.5) is 0 Å². The second kappa shape index (κ2) is 51.7. The molecule has 0 saturated carbocycles. The minimum atomic E-state index is -0.783. The molecule has 0 bridgehead atoms. The Labute approximate surface area is 390 Å². The summed E-state index contributed by atoms with van der Waals surface area (Å²) in [5.74, 6) is -0.906. The first-order valence-electron chi connectivity index (χ1n) is 26.8. The molecule has 0 fully saturated rings. The van der Waals surface area contributed by atoms with Crippen LogP contribution in [0.15, 0.2) is 60.8 Å². The SMILES string of the molecule is CC/C=C\C/C=C\C/C=C\C/C=C\C/C=C\CCCCCC(=O)OC[C@@H](COC(=O)CCCCCCCCCCCCCCC)OC(=O)CCCCCCCCCCCCCCC. The topological polar surface area (TPSA) is 78.9 Å². The van der Waals surface area contributed by atoms with Crippen LogP contribution in [-0.2, 0) is 28.6 Å². The summed E-state index contributed by atoms with van der Waals surface area (Å²) in [6.45, 7) is 6.51. The van der Waals surface area contributed by atoms with E-state index in [1.54, 1.807) is 0 Å². The normalized spacial score (nSPS) is 12.5. The van der Waals surface area contributed by atoms with E-state index in [4.69, 9.17) is 14.2 Å². The molecule has 0 unspecified atom stereocenters. The van der Waals surface area contributed by atoms with Crippen molar-refractivity contribution in [2.75, 3.05) is 13.2 Å². The van der Waals surface area contributed by atoms with Gasteiger partial charge < -0.3 is 14.2 Å². The fraction of sp³-hybridized carbons (Fsp3) is 0.772.